The summed E-state index contributed by atoms with van der Waals surface area (Å²) >= 11 is 0. The number of hydrogen-bond acceptors (Lipinski definition) is 7. The van der Waals surface area contributed by atoms with Gasteiger partial charge in [-0.2, -0.15) is 0 Å². The summed E-state index contributed by atoms with van der Waals surface area (Å²) in [6.45, 7) is 2.87. The lowest BCUT2D eigenvalue weighted by Crippen LogP contribution is -2.41. The Morgan fingerprint density at radius 3 is 2.53 bits per heavy atom. The number of halogens is 2. The first-order chi connectivity index (χ1) is 16.4. The normalized spacial score (nSPS) is 13.7. The summed E-state index contributed by atoms with van der Waals surface area (Å²) in [6.07, 6.45) is -0.764. The van der Waals surface area contributed by atoms with Crippen molar-refractivity contribution in [3.8, 4) is 5.88 Å². The van der Waals surface area contributed by atoms with Gasteiger partial charge in [0, 0.05) is 24.7 Å². The van der Waals surface area contributed by atoms with Crippen LogP contribution in [0.2, 0.25) is 0 Å². The highest BCUT2D eigenvalue weighted by Crippen LogP contribution is 2.32. The molecule has 1 saturated heterocycles. The van der Waals surface area contributed by atoms with Crippen molar-refractivity contribution in [2.75, 3.05) is 50.2 Å². The number of hydrogen-bond donors (Lipinski definition) is 1. The van der Waals surface area contributed by atoms with Crippen LogP contribution in [0.4, 0.5) is 25.0 Å². The number of methoxy groups -OCH3 is 1. The Kier molecular flexibility index (Phi) is 6.92. The van der Waals surface area contributed by atoms with E-state index < -0.39 is 23.3 Å². The van der Waals surface area contributed by atoms with Crippen molar-refractivity contribution in [2.45, 2.75) is 13.5 Å². The molecule has 1 N–H and O–H groups in total. The predicted molar refractivity (Wildman–Crippen MR) is 122 cm³/mol. The Morgan fingerprint density at radius 2 is 1.88 bits per heavy atom. The zero-order chi connectivity index (χ0) is 24.2. The average molecular weight is 474 g/mol. The number of rotatable bonds is 6. The van der Waals surface area contributed by atoms with Gasteiger partial charge in [0.05, 0.1) is 39.0 Å². The zero-order valence-corrected chi connectivity index (χ0v) is 18.8. The van der Waals surface area contributed by atoms with E-state index >= 15 is 0 Å². The van der Waals surface area contributed by atoms with Crippen molar-refractivity contribution in [3.05, 3.63) is 57.9 Å². The number of ether oxygens (including phenoxy) is 3. The molecule has 9 nitrogen and oxygen atoms in total. The number of morpholine rings is 1. The van der Waals surface area contributed by atoms with E-state index in [-0.39, 0.29) is 47.0 Å². The Bertz CT molecular complexity index is 1250. The molecule has 0 unspecified atom stereocenters. The molecule has 0 atom stereocenters. The van der Waals surface area contributed by atoms with Gasteiger partial charge >= 0.3 is 6.09 Å². The van der Waals surface area contributed by atoms with E-state index in [1.54, 1.807) is 17.9 Å². The lowest BCUT2D eigenvalue weighted by atomic mass is 10.1. The van der Waals surface area contributed by atoms with Crippen LogP contribution in [0.3, 0.4) is 0 Å². The minimum atomic E-state index is -0.775. The standard InChI is InChI=1S/C23H24F2N4O5/c1-3-34-23(31)27-20-19-17(7-8-18(26-19)32-2)29(13-14-15(24)5-4-6-16(14)25)22(30)21(20)28-9-11-33-12-10-28/h4-8H,3,9-13H2,1-2H3,(H,27,31). The second-order valence-electron chi connectivity index (χ2n) is 7.48. The molecule has 0 saturated carbocycles. The third-order valence-corrected chi connectivity index (χ3v) is 5.48. The molecule has 3 aromatic rings. The number of anilines is 2. The third kappa shape index (κ3) is 4.51. The van der Waals surface area contributed by atoms with Gasteiger partial charge in [0.15, 0.2) is 0 Å². The minimum absolute atomic E-state index is 0.122. The highest BCUT2D eigenvalue weighted by atomic mass is 19.1. The topological polar surface area (TPSA) is 94.9 Å². The van der Waals surface area contributed by atoms with E-state index in [1.807, 2.05) is 0 Å². The Morgan fingerprint density at radius 1 is 1.18 bits per heavy atom. The molecule has 0 bridgehead atoms. The minimum Gasteiger partial charge on any atom is -0.481 e. The van der Waals surface area contributed by atoms with Crippen LogP contribution in [-0.2, 0) is 16.0 Å². The number of fused-ring (bicyclic) bond motifs is 1. The van der Waals surface area contributed by atoms with E-state index in [1.165, 1.54) is 23.8 Å². The smallest absolute Gasteiger partial charge is 0.411 e. The van der Waals surface area contributed by atoms with Crippen LogP contribution < -0.4 is 20.5 Å². The van der Waals surface area contributed by atoms with Gasteiger partial charge in [-0.1, -0.05) is 6.07 Å². The summed E-state index contributed by atoms with van der Waals surface area (Å²) in [5, 5.41) is 2.63. The molecule has 1 aliphatic rings. The molecule has 1 fully saturated rings. The summed E-state index contributed by atoms with van der Waals surface area (Å²) < 4.78 is 45.9. The molecule has 2 aromatic heterocycles. The first-order valence-electron chi connectivity index (χ1n) is 10.8. The molecule has 4 rings (SSSR count). The Labute approximate surface area is 193 Å². The maximum absolute atomic E-state index is 14.5. The third-order valence-electron chi connectivity index (χ3n) is 5.48. The lowest BCUT2D eigenvalue weighted by molar-refractivity contribution is 0.122. The summed E-state index contributed by atoms with van der Waals surface area (Å²) in [5.74, 6) is -1.32. The quantitative estimate of drug-likeness (QED) is 0.587. The summed E-state index contributed by atoms with van der Waals surface area (Å²) in [4.78, 5) is 32.4. The molecule has 11 heteroatoms. The first-order valence-corrected chi connectivity index (χ1v) is 10.8. The summed E-state index contributed by atoms with van der Waals surface area (Å²) in [6, 6.07) is 6.60. The fraction of sp³-hybridized carbons (Fsp3) is 0.348. The fourth-order valence-corrected chi connectivity index (χ4v) is 3.87. The van der Waals surface area contributed by atoms with E-state index in [2.05, 4.69) is 10.3 Å². The number of carbonyl (C=O) groups is 1. The molecule has 0 spiro atoms. The van der Waals surface area contributed by atoms with Crippen LogP contribution in [0, 0.1) is 11.6 Å². The number of amides is 1. The van der Waals surface area contributed by atoms with Gasteiger partial charge in [-0.3, -0.25) is 10.1 Å². The number of pyridine rings is 2. The maximum Gasteiger partial charge on any atom is 0.411 e. The number of benzene rings is 1. The molecule has 0 radical (unpaired) electrons. The number of nitrogens with one attached hydrogen (secondary N) is 1. The van der Waals surface area contributed by atoms with Gasteiger partial charge in [-0.15, -0.1) is 0 Å². The van der Waals surface area contributed by atoms with Crippen molar-refractivity contribution >= 4 is 28.5 Å². The Balaban J connectivity index is 2.01. The van der Waals surface area contributed by atoms with Gasteiger partial charge in [0.25, 0.3) is 5.56 Å². The molecule has 34 heavy (non-hydrogen) atoms. The second-order valence-corrected chi connectivity index (χ2v) is 7.48. The van der Waals surface area contributed by atoms with Crippen LogP contribution in [0.25, 0.3) is 11.0 Å². The SMILES string of the molecule is CCOC(=O)Nc1c(N2CCOCC2)c(=O)n(Cc2c(F)cccc2F)c2ccc(OC)nc12. The summed E-state index contributed by atoms with van der Waals surface area (Å²) in [7, 11) is 1.43. The number of carbonyl (C=O) groups excluding carboxylic acids is 1. The van der Waals surface area contributed by atoms with Crippen molar-refractivity contribution in [3.63, 3.8) is 0 Å². The van der Waals surface area contributed by atoms with Gasteiger partial charge in [0.1, 0.15) is 28.5 Å². The highest BCUT2D eigenvalue weighted by Gasteiger charge is 2.27. The van der Waals surface area contributed by atoms with E-state index in [9.17, 15) is 18.4 Å². The molecule has 1 aliphatic heterocycles. The van der Waals surface area contributed by atoms with Crippen LogP contribution in [-0.4, -0.2) is 55.7 Å². The number of aromatic nitrogens is 2. The van der Waals surface area contributed by atoms with Gasteiger partial charge < -0.3 is 23.7 Å². The second kappa shape index (κ2) is 10.0. The van der Waals surface area contributed by atoms with Crippen LogP contribution in [0.5, 0.6) is 5.88 Å². The molecule has 180 valence electrons. The van der Waals surface area contributed by atoms with E-state index in [4.69, 9.17) is 14.2 Å². The molecular weight excluding hydrogens is 450 g/mol. The highest BCUT2D eigenvalue weighted by molar-refractivity contribution is 6.02. The van der Waals surface area contributed by atoms with Gasteiger partial charge in [0.2, 0.25) is 5.88 Å². The van der Waals surface area contributed by atoms with E-state index in [0.29, 0.717) is 26.3 Å². The monoisotopic (exact) mass is 474 g/mol. The number of nitrogens with zero attached hydrogens (tertiary/aromatic N) is 3. The van der Waals surface area contributed by atoms with Gasteiger partial charge in [-0.05, 0) is 25.1 Å². The largest absolute Gasteiger partial charge is 0.481 e. The fourth-order valence-electron chi connectivity index (χ4n) is 3.87. The molecule has 1 aromatic carbocycles. The predicted octanol–water partition coefficient (Wildman–Crippen LogP) is 3.14. The van der Waals surface area contributed by atoms with Crippen LogP contribution >= 0.6 is 0 Å². The molecule has 0 aliphatic carbocycles. The maximum atomic E-state index is 14.5. The van der Waals surface area contributed by atoms with Gasteiger partial charge in [-0.25, -0.2) is 18.6 Å². The first kappa shape index (κ1) is 23.4. The van der Waals surface area contributed by atoms with E-state index in [0.717, 1.165) is 12.1 Å². The van der Waals surface area contributed by atoms with Crippen LogP contribution in [0.1, 0.15) is 12.5 Å². The van der Waals surface area contributed by atoms with Crippen molar-refractivity contribution in [1.82, 2.24) is 9.55 Å². The lowest BCUT2D eigenvalue weighted by Gasteiger charge is -2.31. The van der Waals surface area contributed by atoms with Crippen molar-refractivity contribution in [2.24, 2.45) is 0 Å². The van der Waals surface area contributed by atoms with Crippen molar-refractivity contribution in [1.29, 1.82) is 0 Å². The Hall–Kier alpha value is -3.73. The average Bonchev–Trinajstić information content (AvgIpc) is 2.83. The molecular formula is C23H24F2N4O5. The van der Waals surface area contributed by atoms with Crippen molar-refractivity contribution < 1.29 is 27.8 Å². The molecule has 1 amide bonds. The zero-order valence-electron chi connectivity index (χ0n) is 18.8. The summed E-state index contributed by atoms with van der Waals surface area (Å²) in [5.41, 5.74) is -0.0788. The van der Waals surface area contributed by atoms with Crippen LogP contribution in [0.15, 0.2) is 35.1 Å². The molecule has 3 heterocycles.